The fourth-order valence-electron chi connectivity index (χ4n) is 1.89. The minimum absolute atomic E-state index is 0.229. The molecule has 0 bridgehead atoms. The van der Waals surface area contributed by atoms with E-state index in [1.807, 2.05) is 24.3 Å². The van der Waals surface area contributed by atoms with Gasteiger partial charge in [-0.25, -0.2) is 14.8 Å². The molecule has 2 heterocycles. The number of fused-ring (bicyclic) bond motifs is 1. The number of carbonyl (C=O) groups excluding carboxylic acids is 1. The van der Waals surface area contributed by atoms with Crippen LogP contribution in [0.15, 0.2) is 47.5 Å². The summed E-state index contributed by atoms with van der Waals surface area (Å²) in [7, 11) is 0. The summed E-state index contributed by atoms with van der Waals surface area (Å²) >= 11 is 1.35. The third kappa shape index (κ3) is 2.97. The number of carbonyl (C=O) groups is 1. The molecule has 3 aromatic rings. The predicted octanol–water partition coefficient (Wildman–Crippen LogP) is 1.28. The van der Waals surface area contributed by atoms with Crippen molar-refractivity contribution >= 4 is 27.5 Å². The van der Waals surface area contributed by atoms with E-state index in [0.29, 0.717) is 18.1 Å². The van der Waals surface area contributed by atoms with Crippen molar-refractivity contribution in [1.29, 1.82) is 0 Å². The third-order valence-electron chi connectivity index (χ3n) is 2.91. The molecule has 0 aliphatic rings. The molecule has 0 aliphatic carbocycles. The molecule has 0 unspecified atom stereocenters. The number of nitrogens with one attached hydrogen (secondary N) is 1. The van der Waals surface area contributed by atoms with Crippen LogP contribution in [-0.2, 0) is 6.54 Å². The standard InChI is InChI=1S/C14H12N4O2S/c19-12(13-17-10-4-1-2-5-11(10)21-13)15-7-9-18-8-3-6-16-14(18)20/h1-6,8H,7,9H2,(H,15,19). The van der Waals surface area contributed by atoms with E-state index in [0.717, 1.165) is 10.2 Å². The molecule has 106 valence electrons. The van der Waals surface area contributed by atoms with Gasteiger partial charge in [-0.2, -0.15) is 0 Å². The largest absolute Gasteiger partial charge is 0.348 e. The molecular formula is C14H12N4O2S. The molecule has 0 fully saturated rings. The minimum Gasteiger partial charge on any atom is -0.348 e. The number of aromatic nitrogens is 3. The highest BCUT2D eigenvalue weighted by Crippen LogP contribution is 2.21. The second-order valence-electron chi connectivity index (χ2n) is 4.34. The Kier molecular flexibility index (Phi) is 3.74. The van der Waals surface area contributed by atoms with Gasteiger partial charge in [-0.15, -0.1) is 11.3 Å². The maximum absolute atomic E-state index is 12.0. The predicted molar refractivity (Wildman–Crippen MR) is 80.5 cm³/mol. The van der Waals surface area contributed by atoms with Crippen molar-refractivity contribution in [3.05, 3.63) is 58.2 Å². The first-order valence-electron chi connectivity index (χ1n) is 6.39. The van der Waals surface area contributed by atoms with Gasteiger partial charge < -0.3 is 5.32 Å². The van der Waals surface area contributed by atoms with Crippen LogP contribution in [0.2, 0.25) is 0 Å². The first kappa shape index (κ1) is 13.4. The molecular weight excluding hydrogens is 288 g/mol. The molecule has 2 aromatic heterocycles. The van der Waals surface area contributed by atoms with Crippen LogP contribution in [0.5, 0.6) is 0 Å². The number of rotatable bonds is 4. The summed E-state index contributed by atoms with van der Waals surface area (Å²) in [5.41, 5.74) is 0.489. The van der Waals surface area contributed by atoms with Gasteiger partial charge in [0.15, 0.2) is 5.01 Å². The van der Waals surface area contributed by atoms with Crippen LogP contribution in [0.3, 0.4) is 0 Å². The van der Waals surface area contributed by atoms with Gasteiger partial charge in [-0.3, -0.25) is 9.36 Å². The van der Waals surface area contributed by atoms with Crippen molar-refractivity contribution in [2.75, 3.05) is 6.54 Å². The Morgan fingerprint density at radius 3 is 2.95 bits per heavy atom. The summed E-state index contributed by atoms with van der Waals surface area (Å²) in [6.45, 7) is 0.726. The normalized spacial score (nSPS) is 10.7. The summed E-state index contributed by atoms with van der Waals surface area (Å²) in [6.07, 6.45) is 3.08. The minimum atomic E-state index is -0.327. The van der Waals surface area contributed by atoms with Gasteiger partial charge in [0.1, 0.15) is 0 Å². The Morgan fingerprint density at radius 1 is 1.29 bits per heavy atom. The average Bonchev–Trinajstić information content (AvgIpc) is 2.93. The molecule has 3 rings (SSSR count). The Labute approximate surface area is 124 Å². The monoisotopic (exact) mass is 300 g/mol. The van der Waals surface area contributed by atoms with Crippen molar-refractivity contribution in [1.82, 2.24) is 19.9 Å². The molecule has 0 saturated carbocycles. The van der Waals surface area contributed by atoms with Gasteiger partial charge in [0, 0.05) is 25.5 Å². The lowest BCUT2D eigenvalue weighted by atomic mass is 10.3. The smallest absolute Gasteiger partial charge is 0.347 e. The topological polar surface area (TPSA) is 76.9 Å². The van der Waals surface area contributed by atoms with Crippen molar-refractivity contribution in [3.63, 3.8) is 0 Å². The zero-order valence-electron chi connectivity index (χ0n) is 11.0. The zero-order valence-corrected chi connectivity index (χ0v) is 11.8. The second kappa shape index (κ2) is 5.84. The van der Waals surface area contributed by atoms with Crippen LogP contribution < -0.4 is 11.0 Å². The summed E-state index contributed by atoms with van der Waals surface area (Å²) in [5.74, 6) is -0.229. The van der Waals surface area contributed by atoms with Crippen LogP contribution in [0.4, 0.5) is 0 Å². The molecule has 7 heteroatoms. The Morgan fingerprint density at radius 2 is 2.14 bits per heavy atom. The highest BCUT2D eigenvalue weighted by atomic mass is 32.1. The van der Waals surface area contributed by atoms with Gasteiger partial charge in [0.05, 0.1) is 10.2 Å². The maximum atomic E-state index is 12.0. The highest BCUT2D eigenvalue weighted by molar-refractivity contribution is 7.20. The average molecular weight is 300 g/mol. The van der Waals surface area contributed by atoms with Crippen LogP contribution >= 0.6 is 11.3 Å². The van der Waals surface area contributed by atoms with Gasteiger partial charge >= 0.3 is 5.69 Å². The van der Waals surface area contributed by atoms with Crippen LogP contribution in [0, 0.1) is 0 Å². The zero-order chi connectivity index (χ0) is 14.7. The van der Waals surface area contributed by atoms with Crippen molar-refractivity contribution < 1.29 is 4.79 Å². The number of nitrogens with zero attached hydrogens (tertiary/aromatic N) is 3. The van der Waals surface area contributed by atoms with Crippen LogP contribution in [0.1, 0.15) is 9.80 Å². The van der Waals surface area contributed by atoms with Gasteiger partial charge in [0.25, 0.3) is 5.91 Å². The highest BCUT2D eigenvalue weighted by Gasteiger charge is 2.11. The van der Waals surface area contributed by atoms with Crippen LogP contribution in [-0.4, -0.2) is 27.0 Å². The molecule has 1 N–H and O–H groups in total. The number of hydrogen-bond acceptors (Lipinski definition) is 5. The third-order valence-corrected chi connectivity index (χ3v) is 3.94. The molecule has 0 spiro atoms. The van der Waals surface area contributed by atoms with E-state index < -0.39 is 0 Å². The fourth-order valence-corrected chi connectivity index (χ4v) is 2.77. The molecule has 1 amide bonds. The number of thiazole rings is 1. The number of amides is 1. The summed E-state index contributed by atoms with van der Waals surface area (Å²) in [6, 6.07) is 9.28. The molecule has 0 atom stereocenters. The number of para-hydroxylation sites is 1. The molecule has 21 heavy (non-hydrogen) atoms. The lowest BCUT2D eigenvalue weighted by molar-refractivity contribution is 0.0952. The van der Waals surface area contributed by atoms with Gasteiger partial charge in [0.2, 0.25) is 0 Å². The Balaban J connectivity index is 1.64. The van der Waals surface area contributed by atoms with Crippen LogP contribution in [0.25, 0.3) is 10.2 Å². The van der Waals surface area contributed by atoms with Gasteiger partial charge in [-0.1, -0.05) is 12.1 Å². The van der Waals surface area contributed by atoms with E-state index in [9.17, 15) is 9.59 Å². The lowest BCUT2D eigenvalue weighted by Crippen LogP contribution is -2.31. The summed E-state index contributed by atoms with van der Waals surface area (Å²) in [5, 5.41) is 3.18. The van der Waals surface area contributed by atoms with E-state index >= 15 is 0 Å². The summed E-state index contributed by atoms with van der Waals surface area (Å²) < 4.78 is 2.42. The second-order valence-corrected chi connectivity index (χ2v) is 5.37. The van der Waals surface area contributed by atoms with Crippen molar-refractivity contribution in [3.8, 4) is 0 Å². The molecule has 1 aromatic carbocycles. The van der Waals surface area contributed by atoms with Crippen molar-refractivity contribution in [2.45, 2.75) is 6.54 Å². The van der Waals surface area contributed by atoms with E-state index in [1.54, 1.807) is 12.3 Å². The first-order chi connectivity index (χ1) is 10.2. The van der Waals surface area contributed by atoms with Gasteiger partial charge in [-0.05, 0) is 18.2 Å². The molecule has 0 aliphatic heterocycles. The Bertz CT molecular complexity index is 807. The number of benzene rings is 1. The van der Waals surface area contributed by atoms with E-state index in [-0.39, 0.29) is 11.6 Å². The molecule has 0 saturated heterocycles. The first-order valence-corrected chi connectivity index (χ1v) is 7.21. The van der Waals surface area contributed by atoms with E-state index in [2.05, 4.69) is 15.3 Å². The SMILES string of the molecule is O=C(NCCn1cccnc1=O)c1nc2ccccc2s1. The number of hydrogen-bond donors (Lipinski definition) is 1. The Hall–Kier alpha value is -2.54. The van der Waals surface area contributed by atoms with E-state index in [1.165, 1.54) is 22.1 Å². The molecule has 6 nitrogen and oxygen atoms in total. The lowest BCUT2D eigenvalue weighted by Gasteiger charge is -2.04. The maximum Gasteiger partial charge on any atom is 0.347 e. The van der Waals surface area contributed by atoms with Crippen molar-refractivity contribution in [2.24, 2.45) is 0 Å². The molecule has 0 radical (unpaired) electrons. The quantitative estimate of drug-likeness (QED) is 0.787. The van der Waals surface area contributed by atoms with E-state index in [4.69, 9.17) is 0 Å². The fraction of sp³-hybridized carbons (Fsp3) is 0.143. The summed E-state index contributed by atoms with van der Waals surface area (Å²) in [4.78, 5) is 31.4.